The zero-order valence-corrected chi connectivity index (χ0v) is 13.6. The normalized spacial score (nSPS) is 16.2. The molecule has 114 valence electrons. The van der Waals surface area contributed by atoms with E-state index in [2.05, 4.69) is 5.32 Å². The Bertz CT molecular complexity index is 525. The van der Waals surface area contributed by atoms with Crippen molar-refractivity contribution in [2.75, 3.05) is 5.32 Å². The van der Waals surface area contributed by atoms with Gasteiger partial charge in [0.05, 0.1) is 10.7 Å². The van der Waals surface area contributed by atoms with Crippen LogP contribution in [0.2, 0.25) is 5.02 Å². The molecule has 1 aliphatic rings. The maximum atomic E-state index is 12.2. The third kappa shape index (κ3) is 4.97. The maximum Gasteiger partial charge on any atom is 0.224 e. The van der Waals surface area contributed by atoms with E-state index in [9.17, 15) is 4.79 Å². The van der Waals surface area contributed by atoms with E-state index >= 15 is 0 Å². The number of rotatable bonds is 4. The predicted molar refractivity (Wildman–Crippen MR) is 91.8 cm³/mol. The summed E-state index contributed by atoms with van der Waals surface area (Å²) in [6.45, 7) is 0. The van der Waals surface area contributed by atoms with Crippen LogP contribution in [0.1, 0.15) is 50.5 Å². The van der Waals surface area contributed by atoms with E-state index in [0.29, 0.717) is 33.6 Å². The molecule has 5 heteroatoms. The number of benzene rings is 1. The van der Waals surface area contributed by atoms with Crippen LogP contribution in [-0.2, 0) is 4.79 Å². The Hall–Kier alpha value is -1.13. The molecule has 0 saturated heterocycles. The van der Waals surface area contributed by atoms with Gasteiger partial charge in [-0.3, -0.25) is 4.79 Å². The summed E-state index contributed by atoms with van der Waals surface area (Å²) < 4.78 is 0. The van der Waals surface area contributed by atoms with E-state index in [0.717, 1.165) is 12.8 Å². The number of carbonyl (C=O) groups is 1. The first-order valence-corrected chi connectivity index (χ1v) is 8.24. The van der Waals surface area contributed by atoms with E-state index in [-0.39, 0.29) is 5.91 Å². The zero-order chi connectivity index (χ0) is 15.2. The number of halogens is 1. The highest BCUT2D eigenvalue weighted by Crippen LogP contribution is 2.27. The van der Waals surface area contributed by atoms with Crippen molar-refractivity contribution in [1.29, 1.82) is 0 Å². The molecule has 0 bridgehead atoms. The number of anilines is 1. The molecular weight excluding hydrogens is 304 g/mol. The smallest absolute Gasteiger partial charge is 0.224 e. The van der Waals surface area contributed by atoms with E-state index < -0.39 is 0 Å². The fourth-order valence-corrected chi connectivity index (χ4v) is 3.10. The van der Waals surface area contributed by atoms with Gasteiger partial charge in [-0.1, -0.05) is 55.6 Å². The van der Waals surface area contributed by atoms with E-state index in [1.165, 1.54) is 25.7 Å². The first-order chi connectivity index (χ1) is 10.1. The average molecular weight is 325 g/mol. The molecule has 1 amide bonds. The highest BCUT2D eigenvalue weighted by atomic mass is 35.5. The van der Waals surface area contributed by atoms with Gasteiger partial charge in [-0.25, -0.2) is 0 Å². The van der Waals surface area contributed by atoms with E-state index in [4.69, 9.17) is 29.6 Å². The molecule has 3 N–H and O–H groups in total. The van der Waals surface area contributed by atoms with Crippen molar-refractivity contribution in [2.24, 2.45) is 11.7 Å². The Morgan fingerprint density at radius 2 is 1.95 bits per heavy atom. The molecule has 0 aromatic heterocycles. The average Bonchev–Trinajstić information content (AvgIpc) is 2.69. The molecule has 1 fully saturated rings. The lowest BCUT2D eigenvalue weighted by molar-refractivity contribution is -0.117. The Labute approximate surface area is 136 Å². The van der Waals surface area contributed by atoms with Crippen LogP contribution in [-0.4, -0.2) is 10.9 Å². The topological polar surface area (TPSA) is 55.1 Å². The number of nitrogens with two attached hydrogens (primary N) is 1. The lowest BCUT2D eigenvalue weighted by Gasteiger charge is -2.14. The van der Waals surface area contributed by atoms with E-state index in [1.54, 1.807) is 18.2 Å². The second kappa shape index (κ2) is 7.76. The minimum atomic E-state index is 0.0175. The summed E-state index contributed by atoms with van der Waals surface area (Å²) in [6.07, 6.45) is 7.90. The molecule has 0 unspecified atom stereocenters. The van der Waals surface area contributed by atoms with Gasteiger partial charge in [0.2, 0.25) is 5.91 Å². The maximum absolute atomic E-state index is 12.2. The lowest BCUT2D eigenvalue weighted by atomic mass is 9.96. The van der Waals surface area contributed by atoms with Gasteiger partial charge in [-0.05, 0) is 30.9 Å². The van der Waals surface area contributed by atoms with Crippen molar-refractivity contribution in [3.8, 4) is 0 Å². The van der Waals surface area contributed by atoms with Crippen molar-refractivity contribution in [1.82, 2.24) is 0 Å². The van der Waals surface area contributed by atoms with Crippen LogP contribution in [0.25, 0.3) is 0 Å². The second-order valence-corrected chi connectivity index (χ2v) is 6.52. The third-order valence-corrected chi connectivity index (χ3v) is 4.54. The van der Waals surface area contributed by atoms with Crippen molar-refractivity contribution in [3.63, 3.8) is 0 Å². The highest BCUT2D eigenvalue weighted by molar-refractivity contribution is 7.80. The number of carbonyl (C=O) groups excluding carboxylic acids is 1. The Balaban J connectivity index is 1.98. The van der Waals surface area contributed by atoms with Crippen LogP contribution in [0.15, 0.2) is 18.2 Å². The van der Waals surface area contributed by atoms with Crippen LogP contribution < -0.4 is 11.1 Å². The fraction of sp³-hybridized carbons (Fsp3) is 0.500. The van der Waals surface area contributed by atoms with Gasteiger partial charge in [0, 0.05) is 12.0 Å². The first kappa shape index (κ1) is 16.2. The third-order valence-electron chi connectivity index (χ3n) is 3.97. The molecule has 1 aromatic carbocycles. The zero-order valence-electron chi connectivity index (χ0n) is 12.0. The Morgan fingerprint density at radius 1 is 1.29 bits per heavy atom. The van der Waals surface area contributed by atoms with Crippen molar-refractivity contribution < 1.29 is 4.79 Å². The molecule has 2 rings (SSSR count). The molecule has 3 nitrogen and oxygen atoms in total. The summed E-state index contributed by atoms with van der Waals surface area (Å²) >= 11 is 11.1. The molecule has 0 heterocycles. The second-order valence-electron chi connectivity index (χ2n) is 5.67. The Morgan fingerprint density at radius 3 is 2.57 bits per heavy atom. The molecular formula is C16H21ClN2OS. The number of hydrogen-bond donors (Lipinski definition) is 2. The molecule has 1 saturated carbocycles. The summed E-state index contributed by atoms with van der Waals surface area (Å²) in [5, 5.41) is 3.39. The summed E-state index contributed by atoms with van der Waals surface area (Å²) in [7, 11) is 0. The highest BCUT2D eigenvalue weighted by Gasteiger charge is 2.17. The van der Waals surface area contributed by atoms with Gasteiger partial charge in [-0.15, -0.1) is 0 Å². The number of thiocarbonyl (C=S) groups is 1. The largest absolute Gasteiger partial charge is 0.389 e. The number of amides is 1. The molecule has 0 spiro atoms. The SMILES string of the molecule is NC(=S)c1ccc(Cl)c(NC(=O)CC2CCCCCC2)c1. The Kier molecular flexibility index (Phi) is 6.00. The number of hydrogen-bond acceptors (Lipinski definition) is 2. The van der Waals surface area contributed by atoms with Crippen LogP contribution in [0, 0.1) is 5.92 Å². The minimum absolute atomic E-state index is 0.0175. The fourth-order valence-electron chi connectivity index (χ4n) is 2.81. The van der Waals surface area contributed by atoms with Gasteiger partial charge in [0.25, 0.3) is 0 Å². The molecule has 0 atom stereocenters. The van der Waals surface area contributed by atoms with E-state index in [1.807, 2.05) is 0 Å². The van der Waals surface area contributed by atoms with Crippen molar-refractivity contribution in [3.05, 3.63) is 28.8 Å². The van der Waals surface area contributed by atoms with Gasteiger partial charge < -0.3 is 11.1 Å². The lowest BCUT2D eigenvalue weighted by Crippen LogP contribution is -2.17. The minimum Gasteiger partial charge on any atom is -0.389 e. The van der Waals surface area contributed by atoms with Crippen molar-refractivity contribution >= 4 is 40.4 Å². The molecule has 0 aliphatic heterocycles. The standard InChI is InChI=1S/C16H21ClN2OS/c17-13-8-7-12(16(18)21)10-14(13)19-15(20)9-11-5-3-1-2-4-6-11/h7-8,10-11H,1-6,9H2,(H2,18,21)(H,19,20). The van der Waals surface area contributed by atoms with Crippen molar-refractivity contribution in [2.45, 2.75) is 44.9 Å². The molecule has 21 heavy (non-hydrogen) atoms. The van der Waals surface area contributed by atoms with Gasteiger partial charge in [0.15, 0.2) is 0 Å². The van der Waals surface area contributed by atoms with Gasteiger partial charge in [0.1, 0.15) is 4.99 Å². The molecule has 1 aliphatic carbocycles. The molecule has 1 aromatic rings. The van der Waals surface area contributed by atoms with Gasteiger partial charge in [-0.2, -0.15) is 0 Å². The first-order valence-electron chi connectivity index (χ1n) is 7.45. The van der Waals surface area contributed by atoms with Crippen LogP contribution in [0.5, 0.6) is 0 Å². The molecule has 0 radical (unpaired) electrons. The quantitative estimate of drug-likeness (QED) is 0.642. The summed E-state index contributed by atoms with van der Waals surface area (Å²) in [5.41, 5.74) is 6.90. The summed E-state index contributed by atoms with van der Waals surface area (Å²) in [4.78, 5) is 12.5. The monoisotopic (exact) mass is 324 g/mol. The van der Waals surface area contributed by atoms with Gasteiger partial charge >= 0.3 is 0 Å². The van der Waals surface area contributed by atoms with Crippen LogP contribution in [0.4, 0.5) is 5.69 Å². The number of nitrogens with one attached hydrogen (secondary N) is 1. The summed E-state index contributed by atoms with van der Waals surface area (Å²) in [6, 6.07) is 5.19. The van der Waals surface area contributed by atoms with Crippen LogP contribution >= 0.6 is 23.8 Å². The predicted octanol–water partition coefficient (Wildman–Crippen LogP) is 4.27. The van der Waals surface area contributed by atoms with Crippen LogP contribution in [0.3, 0.4) is 0 Å². The summed E-state index contributed by atoms with van der Waals surface area (Å²) in [5.74, 6) is 0.508.